The number of nitro groups is 1. The van der Waals surface area contributed by atoms with Crippen molar-refractivity contribution in [2.75, 3.05) is 11.9 Å². The molecular weight excluding hydrogens is 665 g/mol. The highest BCUT2D eigenvalue weighted by Crippen LogP contribution is 2.56. The second-order valence-corrected chi connectivity index (χ2v) is 14.3. The zero-order valence-electron chi connectivity index (χ0n) is 27.8. The molecule has 2 aliphatic heterocycles. The van der Waals surface area contributed by atoms with E-state index in [-0.39, 0.29) is 20.0 Å². The van der Waals surface area contributed by atoms with Crippen molar-refractivity contribution in [3.8, 4) is 22.8 Å². The first-order valence-corrected chi connectivity index (χ1v) is 17.9. The molecule has 11 heteroatoms. The number of hydrogen-bond acceptors (Lipinski definition) is 7. The van der Waals surface area contributed by atoms with E-state index in [0.29, 0.717) is 23.9 Å². The predicted molar refractivity (Wildman–Crippen MR) is 198 cm³/mol. The van der Waals surface area contributed by atoms with E-state index in [1.54, 1.807) is 48.5 Å². The van der Waals surface area contributed by atoms with Gasteiger partial charge in [0.25, 0.3) is 11.9 Å². The molecule has 2 aliphatic rings. The number of non-ortho nitro benzene ring substituents is 1. The number of fused-ring (bicyclic) bond motifs is 3. The van der Waals surface area contributed by atoms with Crippen LogP contribution in [0.5, 0.6) is 11.5 Å². The van der Waals surface area contributed by atoms with Crippen molar-refractivity contribution in [2.45, 2.75) is 22.9 Å². The Hall–Kier alpha value is -6.17. The zero-order chi connectivity index (χ0) is 35.3. The van der Waals surface area contributed by atoms with Crippen molar-refractivity contribution in [2.24, 2.45) is 7.05 Å². The molecule has 3 heterocycles. The Balaban J connectivity index is 1.38. The summed E-state index contributed by atoms with van der Waals surface area (Å²) in [5, 5.41) is 15.9. The monoisotopic (exact) mass is 697 g/mol. The van der Waals surface area contributed by atoms with Crippen molar-refractivity contribution in [1.29, 1.82) is 0 Å². The van der Waals surface area contributed by atoms with Gasteiger partial charge >= 0.3 is 0 Å². The summed E-state index contributed by atoms with van der Waals surface area (Å²) < 4.78 is 42.8. The molecule has 0 aliphatic carbocycles. The minimum atomic E-state index is -3.87. The van der Waals surface area contributed by atoms with Crippen molar-refractivity contribution in [3.05, 3.63) is 156 Å². The Labute approximate surface area is 294 Å². The zero-order valence-corrected chi connectivity index (χ0v) is 28.6. The lowest BCUT2D eigenvalue weighted by Gasteiger charge is -2.35. The van der Waals surface area contributed by atoms with Gasteiger partial charge in [-0.2, -0.15) is 0 Å². The number of hydrogen-bond donors (Lipinski definition) is 1. The smallest absolute Gasteiger partial charge is 0.273 e. The Morgan fingerprint density at radius 1 is 0.882 bits per heavy atom. The molecule has 8 rings (SSSR count). The lowest BCUT2D eigenvalue weighted by atomic mass is 10.0. The predicted octanol–water partition coefficient (Wildman–Crippen LogP) is 8.87. The summed E-state index contributed by atoms with van der Waals surface area (Å²) in [7, 11) is -1.90. The van der Waals surface area contributed by atoms with E-state index in [2.05, 4.69) is 9.88 Å². The number of nitrogens with zero attached hydrogens (tertiary/aromatic N) is 3. The summed E-state index contributed by atoms with van der Waals surface area (Å²) in [6.07, 6.45) is 4.87. The van der Waals surface area contributed by atoms with Gasteiger partial charge in [0.1, 0.15) is 5.69 Å². The third kappa shape index (κ3) is 5.17. The number of rotatable bonds is 8. The number of benzene rings is 5. The summed E-state index contributed by atoms with van der Waals surface area (Å²) in [6.45, 7) is 2.50. The molecular formula is C40H33N4O6S+. The van der Waals surface area contributed by atoms with Crippen LogP contribution in [0.25, 0.3) is 22.2 Å². The average Bonchev–Trinajstić information content (AvgIpc) is 3.81. The van der Waals surface area contributed by atoms with E-state index in [0.717, 1.165) is 39.3 Å². The maximum atomic E-state index is 14.0. The van der Waals surface area contributed by atoms with Crippen molar-refractivity contribution >= 4 is 43.5 Å². The topological polar surface area (TPSA) is 113 Å². The fraction of sp³-hybridized carbons (Fsp3) is 0.100. The maximum absolute atomic E-state index is 14.0. The number of nitro benzene ring substituents is 1. The Kier molecular flexibility index (Phi) is 7.74. The molecule has 0 fully saturated rings. The Bertz CT molecular complexity index is 2480. The van der Waals surface area contributed by atoms with Crippen LogP contribution in [0.2, 0.25) is 0 Å². The van der Waals surface area contributed by atoms with Gasteiger partial charge in [0.05, 0.1) is 43.9 Å². The second-order valence-electron chi connectivity index (χ2n) is 12.4. The van der Waals surface area contributed by atoms with Gasteiger partial charge in [-0.25, -0.2) is 12.9 Å². The highest BCUT2D eigenvalue weighted by molar-refractivity contribution is 7.91. The molecule has 0 amide bonds. The molecule has 1 N–H and O–H groups in total. The highest BCUT2D eigenvalue weighted by Gasteiger charge is 2.52. The Morgan fingerprint density at radius 3 is 2.33 bits per heavy atom. The van der Waals surface area contributed by atoms with Crippen LogP contribution in [0.4, 0.5) is 22.7 Å². The molecule has 1 aromatic heterocycles. The highest BCUT2D eigenvalue weighted by atomic mass is 32.2. The lowest BCUT2D eigenvalue weighted by molar-refractivity contribution is -0.384. The van der Waals surface area contributed by atoms with Gasteiger partial charge < -0.3 is 19.4 Å². The van der Waals surface area contributed by atoms with Gasteiger partial charge in [0.2, 0.25) is 9.84 Å². The summed E-state index contributed by atoms with van der Waals surface area (Å²) in [6, 6.07) is 35.9. The largest absolute Gasteiger partial charge is 0.439 e. The fourth-order valence-electron chi connectivity index (χ4n) is 7.23. The normalized spacial score (nSPS) is 18.7. The van der Waals surface area contributed by atoms with Crippen molar-refractivity contribution in [1.82, 2.24) is 9.05 Å². The molecule has 51 heavy (non-hydrogen) atoms. The third-order valence-electron chi connectivity index (χ3n) is 9.61. The van der Waals surface area contributed by atoms with E-state index in [1.807, 2.05) is 92.9 Å². The van der Waals surface area contributed by atoms with E-state index in [1.165, 1.54) is 12.1 Å². The van der Waals surface area contributed by atoms with Crippen LogP contribution in [0, 0.1) is 10.1 Å². The SMILES string of the molecule is CC[N+]1(c2c(-c3ccccc3)n(C)c3ccc(S(=O)(=O)c4ccccc4)cc23)c2ccc([N+](=O)[O-])cc2OC1C=CC=C1Nc2ccccc2O1. The molecule has 0 spiro atoms. The number of allylic oxidation sites excluding steroid dienone is 2. The minimum absolute atomic E-state index is 0.0894. The molecule has 254 valence electrons. The van der Waals surface area contributed by atoms with Crippen LogP contribution in [0.3, 0.4) is 0 Å². The fourth-order valence-corrected chi connectivity index (χ4v) is 8.53. The molecule has 0 saturated heterocycles. The number of ether oxygens (including phenoxy) is 2. The van der Waals surface area contributed by atoms with Gasteiger partial charge in [0.15, 0.2) is 28.8 Å². The molecule has 5 aromatic carbocycles. The van der Waals surface area contributed by atoms with Crippen LogP contribution in [-0.4, -0.2) is 30.7 Å². The van der Waals surface area contributed by atoms with Crippen LogP contribution >= 0.6 is 0 Å². The Morgan fingerprint density at radius 2 is 1.61 bits per heavy atom. The first-order valence-electron chi connectivity index (χ1n) is 16.5. The average molecular weight is 698 g/mol. The number of sulfone groups is 1. The number of quaternary nitrogens is 1. The van der Waals surface area contributed by atoms with Gasteiger partial charge in [-0.1, -0.05) is 66.7 Å². The molecule has 0 bridgehead atoms. The molecule has 0 radical (unpaired) electrons. The lowest BCUT2D eigenvalue weighted by Crippen LogP contribution is -2.50. The van der Waals surface area contributed by atoms with Crippen LogP contribution < -0.4 is 19.3 Å². The van der Waals surface area contributed by atoms with E-state index < -0.39 is 21.0 Å². The van der Waals surface area contributed by atoms with E-state index >= 15 is 0 Å². The van der Waals surface area contributed by atoms with Gasteiger partial charge in [0, 0.05) is 30.8 Å². The van der Waals surface area contributed by atoms with E-state index in [4.69, 9.17) is 9.47 Å². The standard InChI is InChI=1S/C40H33N4O6S/c1-3-44(34-24-21-28(43(45)46)25-36(34)50-38(44)20-12-19-37-41-32-17-10-11-18-35(32)49-37)40-31-26-30(51(47,48)29-15-8-5-9-16-29)22-23-33(31)42(2)39(40)27-13-6-4-7-14-27/h4-26,38,41H,3H2,1-2H3/q+1. The van der Waals surface area contributed by atoms with E-state index in [9.17, 15) is 18.5 Å². The summed E-state index contributed by atoms with van der Waals surface area (Å²) >= 11 is 0. The van der Waals surface area contributed by atoms with Gasteiger partial charge in [-0.05, 0) is 55.5 Å². The number of aromatic nitrogens is 1. The number of aryl methyl sites for hydroxylation is 1. The summed E-state index contributed by atoms with van der Waals surface area (Å²) in [5.74, 6) is 1.64. The van der Waals surface area contributed by atoms with Crippen molar-refractivity contribution in [3.63, 3.8) is 0 Å². The summed E-state index contributed by atoms with van der Waals surface area (Å²) in [5.41, 5.74) is 4.91. The second kappa shape index (κ2) is 12.3. The number of anilines is 1. The summed E-state index contributed by atoms with van der Waals surface area (Å²) in [4.78, 5) is 11.8. The third-order valence-corrected chi connectivity index (χ3v) is 11.4. The minimum Gasteiger partial charge on any atom is -0.439 e. The number of nitrogens with one attached hydrogen (secondary N) is 1. The molecule has 2 unspecified atom stereocenters. The molecule has 2 atom stereocenters. The molecule has 0 saturated carbocycles. The van der Waals surface area contributed by atoms with Crippen LogP contribution in [0.15, 0.2) is 155 Å². The van der Waals surface area contributed by atoms with Gasteiger partial charge in [-0.15, -0.1) is 0 Å². The van der Waals surface area contributed by atoms with Crippen molar-refractivity contribution < 1.29 is 22.8 Å². The first kappa shape index (κ1) is 32.1. The maximum Gasteiger partial charge on any atom is 0.273 e. The molecule has 10 nitrogen and oxygen atoms in total. The quantitative estimate of drug-likeness (QED) is 0.0961. The molecule has 6 aromatic rings. The van der Waals surface area contributed by atoms with Gasteiger partial charge in [-0.3, -0.25) is 10.1 Å². The number of para-hydroxylation sites is 2. The number of likely N-dealkylation sites (N-methyl/N-ethyl adjacent to an activating group) is 1. The van der Waals surface area contributed by atoms with Crippen LogP contribution in [0.1, 0.15) is 6.92 Å². The first-order chi connectivity index (χ1) is 24.7. The van der Waals surface area contributed by atoms with Crippen LogP contribution in [-0.2, 0) is 16.9 Å².